The molecule has 2 nitrogen and oxygen atoms in total. The Balaban J connectivity index is 3.28. The van der Waals surface area contributed by atoms with Gasteiger partial charge in [-0.3, -0.25) is 0 Å². The summed E-state index contributed by atoms with van der Waals surface area (Å²) in [5.74, 6) is 0.474. The average molecular weight is 211 g/mol. The van der Waals surface area contributed by atoms with Crippen molar-refractivity contribution in [1.29, 1.82) is 4.78 Å². The van der Waals surface area contributed by atoms with Gasteiger partial charge in [-0.05, 0) is 30.0 Å². The predicted molar refractivity (Wildman–Crippen MR) is 60.3 cm³/mol. The first-order chi connectivity index (χ1) is 6.32. The SMILES string of the molecule is Cc1cc(C(C)C)ccc1S(C)(=N)=O. The molecule has 1 aromatic carbocycles. The lowest BCUT2D eigenvalue weighted by Crippen LogP contribution is -1.99. The van der Waals surface area contributed by atoms with Gasteiger partial charge in [0, 0.05) is 11.2 Å². The summed E-state index contributed by atoms with van der Waals surface area (Å²) in [6.07, 6.45) is 1.46. The molecule has 14 heavy (non-hydrogen) atoms. The highest BCUT2D eigenvalue weighted by atomic mass is 32.2. The van der Waals surface area contributed by atoms with Crippen molar-refractivity contribution in [3.63, 3.8) is 0 Å². The maximum atomic E-state index is 11.6. The highest BCUT2D eigenvalue weighted by Gasteiger charge is 2.08. The third-order valence-electron chi connectivity index (χ3n) is 2.29. The van der Waals surface area contributed by atoms with Crippen LogP contribution < -0.4 is 0 Å². The first-order valence-corrected chi connectivity index (χ1v) is 6.63. The maximum absolute atomic E-state index is 11.6. The van der Waals surface area contributed by atoms with Gasteiger partial charge in [-0.1, -0.05) is 26.0 Å². The van der Waals surface area contributed by atoms with Gasteiger partial charge >= 0.3 is 0 Å². The molecule has 0 aliphatic rings. The molecule has 1 aromatic rings. The highest BCUT2D eigenvalue weighted by Crippen LogP contribution is 2.21. The van der Waals surface area contributed by atoms with Gasteiger partial charge in [-0.2, -0.15) is 0 Å². The van der Waals surface area contributed by atoms with Crippen LogP contribution in [0.25, 0.3) is 0 Å². The van der Waals surface area contributed by atoms with E-state index in [4.69, 9.17) is 4.78 Å². The quantitative estimate of drug-likeness (QED) is 0.802. The van der Waals surface area contributed by atoms with E-state index < -0.39 is 9.73 Å². The zero-order chi connectivity index (χ0) is 10.9. The second-order valence-corrected chi connectivity index (χ2v) is 6.15. The second kappa shape index (κ2) is 3.73. The summed E-state index contributed by atoms with van der Waals surface area (Å²) in [4.78, 5) is 0.655. The lowest BCUT2D eigenvalue weighted by Gasteiger charge is -2.10. The van der Waals surface area contributed by atoms with E-state index in [1.165, 1.54) is 11.8 Å². The number of benzene rings is 1. The highest BCUT2D eigenvalue weighted by molar-refractivity contribution is 7.91. The molecule has 1 N–H and O–H groups in total. The fourth-order valence-electron chi connectivity index (χ4n) is 1.47. The Labute approximate surface area is 86.3 Å². The fraction of sp³-hybridized carbons (Fsp3) is 0.455. The Morgan fingerprint density at radius 1 is 1.36 bits per heavy atom. The molecule has 1 unspecified atom stereocenters. The number of nitrogens with one attached hydrogen (secondary N) is 1. The van der Waals surface area contributed by atoms with Gasteiger partial charge in [0.25, 0.3) is 0 Å². The van der Waals surface area contributed by atoms with Crippen LogP contribution in [0.1, 0.15) is 30.9 Å². The van der Waals surface area contributed by atoms with Gasteiger partial charge < -0.3 is 0 Å². The van der Waals surface area contributed by atoms with Crippen LogP contribution in [0.4, 0.5) is 0 Å². The molecular formula is C11H17NOS. The molecule has 0 aromatic heterocycles. The van der Waals surface area contributed by atoms with Gasteiger partial charge in [-0.15, -0.1) is 0 Å². The Morgan fingerprint density at radius 2 is 1.93 bits per heavy atom. The van der Waals surface area contributed by atoms with Crippen LogP contribution in [-0.2, 0) is 9.73 Å². The second-order valence-electron chi connectivity index (χ2n) is 4.02. The van der Waals surface area contributed by atoms with Crippen molar-refractivity contribution in [2.45, 2.75) is 31.6 Å². The Morgan fingerprint density at radius 3 is 2.29 bits per heavy atom. The average Bonchev–Trinajstić information content (AvgIpc) is 2.01. The van der Waals surface area contributed by atoms with Gasteiger partial charge in [0.05, 0.1) is 9.73 Å². The molecule has 0 saturated carbocycles. The molecule has 0 bridgehead atoms. The van der Waals surface area contributed by atoms with E-state index in [0.717, 1.165) is 5.56 Å². The van der Waals surface area contributed by atoms with E-state index in [9.17, 15) is 4.21 Å². The number of hydrogen-bond acceptors (Lipinski definition) is 2. The first kappa shape index (κ1) is 11.2. The van der Waals surface area contributed by atoms with E-state index in [0.29, 0.717) is 10.8 Å². The molecule has 0 heterocycles. The van der Waals surface area contributed by atoms with Crippen LogP contribution in [0.15, 0.2) is 23.1 Å². The molecular weight excluding hydrogens is 194 g/mol. The molecule has 3 heteroatoms. The standard InChI is InChI=1S/C11H17NOS/c1-8(2)10-5-6-11(9(3)7-10)14(4,12)13/h5-8,12H,1-4H3. The van der Waals surface area contributed by atoms with Gasteiger partial charge in [-0.25, -0.2) is 8.99 Å². The summed E-state index contributed by atoms with van der Waals surface area (Å²) in [6, 6.07) is 5.81. The fourth-order valence-corrected chi connectivity index (χ4v) is 2.47. The minimum atomic E-state index is -2.58. The summed E-state index contributed by atoms with van der Waals surface area (Å²) in [5, 5.41) is 0. The molecule has 0 aliphatic heterocycles. The topological polar surface area (TPSA) is 40.9 Å². The van der Waals surface area contributed by atoms with Crippen molar-refractivity contribution in [1.82, 2.24) is 0 Å². The van der Waals surface area contributed by atoms with Crippen molar-refractivity contribution in [2.24, 2.45) is 0 Å². The molecule has 0 spiro atoms. The third kappa shape index (κ3) is 2.35. The molecule has 0 amide bonds. The normalized spacial score (nSPS) is 15.5. The number of rotatable bonds is 2. The van der Waals surface area contributed by atoms with Crippen molar-refractivity contribution >= 4 is 9.73 Å². The first-order valence-electron chi connectivity index (χ1n) is 4.66. The van der Waals surface area contributed by atoms with Crippen molar-refractivity contribution in [2.75, 3.05) is 6.26 Å². The van der Waals surface area contributed by atoms with Crippen molar-refractivity contribution in [3.05, 3.63) is 29.3 Å². The lowest BCUT2D eigenvalue weighted by molar-refractivity contribution is 0.678. The molecule has 0 saturated heterocycles. The predicted octanol–water partition coefficient (Wildman–Crippen LogP) is 3.15. The van der Waals surface area contributed by atoms with E-state index in [1.54, 1.807) is 0 Å². The molecule has 1 atom stereocenters. The minimum absolute atomic E-state index is 0.474. The van der Waals surface area contributed by atoms with Gasteiger partial charge in [0.15, 0.2) is 0 Å². The van der Waals surface area contributed by atoms with E-state index >= 15 is 0 Å². The van der Waals surface area contributed by atoms with Crippen LogP contribution in [0.2, 0.25) is 0 Å². The van der Waals surface area contributed by atoms with Crippen LogP contribution >= 0.6 is 0 Å². The van der Waals surface area contributed by atoms with Gasteiger partial charge in [0.2, 0.25) is 0 Å². The van der Waals surface area contributed by atoms with E-state index in [1.807, 2.05) is 25.1 Å². The van der Waals surface area contributed by atoms with E-state index in [-0.39, 0.29) is 0 Å². The van der Waals surface area contributed by atoms with E-state index in [2.05, 4.69) is 13.8 Å². The molecule has 1 rings (SSSR count). The van der Waals surface area contributed by atoms with Crippen LogP contribution in [0.3, 0.4) is 0 Å². The lowest BCUT2D eigenvalue weighted by atomic mass is 10.0. The Bertz CT molecular complexity index is 433. The Hall–Kier alpha value is -0.830. The zero-order valence-electron chi connectivity index (χ0n) is 9.13. The maximum Gasteiger partial charge on any atom is 0.0699 e. The van der Waals surface area contributed by atoms with Crippen LogP contribution in [0.5, 0.6) is 0 Å². The molecule has 78 valence electrons. The summed E-state index contributed by atoms with van der Waals surface area (Å²) in [6.45, 7) is 6.16. The smallest absolute Gasteiger partial charge is 0.0699 e. The molecule has 0 radical (unpaired) electrons. The zero-order valence-corrected chi connectivity index (χ0v) is 9.94. The van der Waals surface area contributed by atoms with Crippen LogP contribution in [0, 0.1) is 11.7 Å². The summed E-state index contributed by atoms with van der Waals surface area (Å²) < 4.78 is 19.1. The Kier molecular flexibility index (Phi) is 3.00. The number of aryl methyl sites for hydroxylation is 1. The van der Waals surface area contributed by atoms with Crippen molar-refractivity contribution < 1.29 is 4.21 Å². The third-order valence-corrected chi connectivity index (χ3v) is 3.58. The summed E-state index contributed by atoms with van der Waals surface area (Å²) >= 11 is 0. The van der Waals surface area contributed by atoms with Crippen molar-refractivity contribution in [3.8, 4) is 0 Å². The molecule has 0 fully saturated rings. The molecule has 0 aliphatic carbocycles. The summed E-state index contributed by atoms with van der Waals surface area (Å²) in [5.41, 5.74) is 2.19. The summed E-state index contributed by atoms with van der Waals surface area (Å²) in [7, 11) is -2.58. The number of hydrogen-bond donors (Lipinski definition) is 1. The largest absolute Gasteiger partial charge is 0.249 e. The monoisotopic (exact) mass is 211 g/mol. The minimum Gasteiger partial charge on any atom is -0.249 e. The van der Waals surface area contributed by atoms with Gasteiger partial charge in [0.1, 0.15) is 0 Å². The van der Waals surface area contributed by atoms with Crippen LogP contribution in [-0.4, -0.2) is 10.5 Å².